The molecule has 6 heteroatoms. The summed E-state index contributed by atoms with van der Waals surface area (Å²) in [6.45, 7) is 0.0136. The molecule has 0 aromatic heterocycles. The second-order valence-corrected chi connectivity index (χ2v) is 3.87. The van der Waals surface area contributed by atoms with Gasteiger partial charge in [-0.1, -0.05) is 6.07 Å². The van der Waals surface area contributed by atoms with E-state index in [-0.39, 0.29) is 18.9 Å². The van der Waals surface area contributed by atoms with E-state index >= 15 is 0 Å². The summed E-state index contributed by atoms with van der Waals surface area (Å²) in [6.07, 6.45) is 0.0631. The summed E-state index contributed by atoms with van der Waals surface area (Å²) in [4.78, 5) is 21.9. The fourth-order valence-electron chi connectivity index (χ4n) is 1.67. The number of hydrogen-bond acceptors (Lipinski definition) is 4. The molecule has 0 saturated carbocycles. The second-order valence-electron chi connectivity index (χ2n) is 3.87. The molecule has 0 bridgehead atoms. The van der Waals surface area contributed by atoms with E-state index < -0.39 is 11.9 Å². The number of rotatable bonds is 3. The molecule has 1 unspecified atom stereocenters. The number of benzene rings is 1. The van der Waals surface area contributed by atoms with Gasteiger partial charge >= 0.3 is 0 Å². The Morgan fingerprint density at radius 1 is 1.53 bits per heavy atom. The minimum atomic E-state index is -0.475. The fraction of sp³-hybridized carbons (Fsp3) is 0.273. The van der Waals surface area contributed by atoms with Crippen molar-refractivity contribution in [1.29, 1.82) is 0 Å². The molecule has 5 N–H and O–H groups in total. The van der Waals surface area contributed by atoms with Crippen LogP contribution in [0, 0.1) is 0 Å². The molecule has 0 fully saturated rings. The highest BCUT2D eigenvalue weighted by molar-refractivity contribution is 5.95. The van der Waals surface area contributed by atoms with Crippen LogP contribution in [0.3, 0.4) is 0 Å². The molecule has 17 heavy (non-hydrogen) atoms. The highest BCUT2D eigenvalue weighted by Crippen LogP contribution is 2.30. The average molecular weight is 235 g/mol. The molecular formula is C11H13N3O3. The first kappa shape index (κ1) is 11.4. The Morgan fingerprint density at radius 2 is 2.29 bits per heavy atom. The van der Waals surface area contributed by atoms with Gasteiger partial charge in [0, 0.05) is 12.5 Å². The molecule has 1 aliphatic heterocycles. The summed E-state index contributed by atoms with van der Waals surface area (Å²) in [5, 5.41) is 2.67. The molecule has 2 rings (SSSR count). The summed E-state index contributed by atoms with van der Waals surface area (Å²) in [5.41, 5.74) is 12.2. The van der Waals surface area contributed by atoms with Gasteiger partial charge in [0.25, 0.3) is 5.91 Å². The lowest BCUT2D eigenvalue weighted by Crippen LogP contribution is -2.26. The standard InChI is InChI=1S/C11H13N3O3/c12-7(4-10(13)15)6-1-2-9-8(3-6)14-11(16)5-17-9/h1-3,7H,4-5,12H2,(H2,13,15)(H,14,16). The van der Waals surface area contributed by atoms with Crippen LogP contribution in [0.25, 0.3) is 0 Å². The smallest absolute Gasteiger partial charge is 0.262 e. The Morgan fingerprint density at radius 3 is 3.00 bits per heavy atom. The molecule has 2 amide bonds. The number of carbonyl (C=O) groups is 2. The lowest BCUT2D eigenvalue weighted by atomic mass is 10.0. The first-order chi connectivity index (χ1) is 8.06. The summed E-state index contributed by atoms with van der Waals surface area (Å²) < 4.78 is 5.21. The second kappa shape index (κ2) is 4.42. The van der Waals surface area contributed by atoms with Crippen LogP contribution in [-0.4, -0.2) is 18.4 Å². The van der Waals surface area contributed by atoms with Gasteiger partial charge in [-0.15, -0.1) is 0 Å². The minimum Gasteiger partial charge on any atom is -0.482 e. The maximum atomic E-state index is 11.1. The third kappa shape index (κ3) is 2.54. The van der Waals surface area contributed by atoms with E-state index in [0.29, 0.717) is 11.4 Å². The van der Waals surface area contributed by atoms with Gasteiger partial charge in [-0.25, -0.2) is 0 Å². The van der Waals surface area contributed by atoms with Crippen molar-refractivity contribution in [2.45, 2.75) is 12.5 Å². The quantitative estimate of drug-likeness (QED) is 0.679. The number of primary amides is 1. The Hall–Kier alpha value is -2.08. The van der Waals surface area contributed by atoms with Gasteiger partial charge in [-0.2, -0.15) is 0 Å². The maximum Gasteiger partial charge on any atom is 0.262 e. The molecule has 6 nitrogen and oxygen atoms in total. The van der Waals surface area contributed by atoms with Crippen LogP contribution in [-0.2, 0) is 9.59 Å². The van der Waals surface area contributed by atoms with Crippen LogP contribution < -0.4 is 21.5 Å². The van der Waals surface area contributed by atoms with E-state index in [1.165, 1.54) is 0 Å². The molecule has 1 aliphatic rings. The summed E-state index contributed by atoms with van der Waals surface area (Å²) in [6, 6.07) is 4.69. The van der Waals surface area contributed by atoms with E-state index in [1.807, 2.05) is 0 Å². The summed E-state index contributed by atoms with van der Waals surface area (Å²) in [5.74, 6) is -0.0757. The summed E-state index contributed by atoms with van der Waals surface area (Å²) >= 11 is 0. The number of nitrogens with two attached hydrogens (primary N) is 2. The Balaban J connectivity index is 2.23. The van der Waals surface area contributed by atoms with E-state index in [9.17, 15) is 9.59 Å². The SMILES string of the molecule is NC(=O)CC(N)c1ccc2c(c1)NC(=O)CO2. The highest BCUT2D eigenvalue weighted by atomic mass is 16.5. The first-order valence-corrected chi connectivity index (χ1v) is 5.17. The fourth-order valence-corrected chi connectivity index (χ4v) is 1.67. The summed E-state index contributed by atoms with van der Waals surface area (Å²) in [7, 11) is 0. The van der Waals surface area contributed by atoms with Crippen molar-refractivity contribution in [2.75, 3.05) is 11.9 Å². The van der Waals surface area contributed by atoms with E-state index in [4.69, 9.17) is 16.2 Å². The van der Waals surface area contributed by atoms with Crippen molar-refractivity contribution in [1.82, 2.24) is 0 Å². The Bertz CT molecular complexity index is 473. The van der Waals surface area contributed by atoms with Crippen LogP contribution in [0.1, 0.15) is 18.0 Å². The first-order valence-electron chi connectivity index (χ1n) is 5.17. The molecule has 0 spiro atoms. The molecule has 1 heterocycles. The van der Waals surface area contributed by atoms with Gasteiger partial charge in [-0.05, 0) is 17.7 Å². The lowest BCUT2D eigenvalue weighted by molar-refractivity contribution is -0.119. The molecule has 90 valence electrons. The third-order valence-electron chi connectivity index (χ3n) is 2.49. The zero-order valence-corrected chi connectivity index (χ0v) is 9.10. The lowest BCUT2D eigenvalue weighted by Gasteiger charge is -2.19. The normalized spacial score (nSPS) is 15.5. The number of hydrogen-bond donors (Lipinski definition) is 3. The van der Waals surface area contributed by atoms with E-state index in [1.54, 1.807) is 18.2 Å². The van der Waals surface area contributed by atoms with Crippen LogP contribution in [0.4, 0.5) is 5.69 Å². The number of ether oxygens (including phenoxy) is 1. The number of amides is 2. The van der Waals surface area contributed by atoms with Crippen molar-refractivity contribution in [2.24, 2.45) is 11.5 Å². The molecule has 1 aromatic carbocycles. The molecule has 0 aliphatic carbocycles. The maximum absolute atomic E-state index is 11.1. The molecular weight excluding hydrogens is 222 g/mol. The van der Waals surface area contributed by atoms with Gasteiger partial charge < -0.3 is 21.5 Å². The zero-order valence-electron chi connectivity index (χ0n) is 9.10. The molecule has 0 saturated heterocycles. The van der Waals surface area contributed by atoms with Crippen molar-refractivity contribution >= 4 is 17.5 Å². The molecule has 1 atom stereocenters. The highest BCUT2D eigenvalue weighted by Gasteiger charge is 2.18. The van der Waals surface area contributed by atoms with Crippen molar-refractivity contribution < 1.29 is 14.3 Å². The zero-order chi connectivity index (χ0) is 12.4. The predicted octanol–water partition coefficient (Wildman–Crippen LogP) is -0.107. The largest absolute Gasteiger partial charge is 0.482 e. The van der Waals surface area contributed by atoms with Gasteiger partial charge in [-0.3, -0.25) is 9.59 Å². The van der Waals surface area contributed by atoms with Crippen LogP contribution >= 0.6 is 0 Å². The van der Waals surface area contributed by atoms with Crippen molar-refractivity contribution in [3.63, 3.8) is 0 Å². The molecule has 0 radical (unpaired) electrons. The topological polar surface area (TPSA) is 107 Å². The predicted molar refractivity (Wildman–Crippen MR) is 61.3 cm³/mol. The monoisotopic (exact) mass is 235 g/mol. The van der Waals surface area contributed by atoms with Gasteiger partial charge in [0.1, 0.15) is 5.75 Å². The number of carbonyl (C=O) groups excluding carboxylic acids is 2. The van der Waals surface area contributed by atoms with E-state index in [0.717, 1.165) is 5.56 Å². The van der Waals surface area contributed by atoms with E-state index in [2.05, 4.69) is 5.32 Å². The van der Waals surface area contributed by atoms with Crippen LogP contribution in [0.2, 0.25) is 0 Å². The van der Waals surface area contributed by atoms with Gasteiger partial charge in [0.15, 0.2) is 6.61 Å². The Labute approximate surface area is 97.9 Å². The van der Waals surface area contributed by atoms with Crippen molar-refractivity contribution in [3.8, 4) is 5.75 Å². The van der Waals surface area contributed by atoms with Crippen LogP contribution in [0.5, 0.6) is 5.75 Å². The minimum absolute atomic E-state index is 0.0136. The van der Waals surface area contributed by atoms with Gasteiger partial charge in [0.05, 0.1) is 5.69 Å². The number of fused-ring (bicyclic) bond motifs is 1. The Kier molecular flexibility index (Phi) is 2.97. The average Bonchev–Trinajstić information content (AvgIpc) is 2.27. The van der Waals surface area contributed by atoms with Crippen LogP contribution in [0.15, 0.2) is 18.2 Å². The number of anilines is 1. The van der Waals surface area contributed by atoms with Gasteiger partial charge in [0.2, 0.25) is 5.91 Å². The number of nitrogens with one attached hydrogen (secondary N) is 1. The van der Waals surface area contributed by atoms with Crippen molar-refractivity contribution in [3.05, 3.63) is 23.8 Å². The third-order valence-corrected chi connectivity index (χ3v) is 2.49. The molecule has 1 aromatic rings.